The van der Waals surface area contributed by atoms with Crippen LogP contribution in [0.3, 0.4) is 0 Å². The van der Waals surface area contributed by atoms with Crippen LogP contribution < -0.4 is 14.8 Å². The van der Waals surface area contributed by atoms with Crippen molar-refractivity contribution in [3.63, 3.8) is 0 Å². The van der Waals surface area contributed by atoms with Gasteiger partial charge in [-0.05, 0) is 48.5 Å². The molecule has 174 valence electrons. The van der Waals surface area contributed by atoms with Gasteiger partial charge in [-0.3, -0.25) is 4.79 Å². The molecule has 3 rings (SSSR count). The van der Waals surface area contributed by atoms with E-state index in [9.17, 15) is 13.2 Å². The largest absolute Gasteiger partial charge is 0.495 e. The highest BCUT2D eigenvalue weighted by Crippen LogP contribution is 2.25. The van der Waals surface area contributed by atoms with Crippen LogP contribution in [0.15, 0.2) is 65.8 Å². The minimum atomic E-state index is -3.70. The highest BCUT2D eigenvalue weighted by molar-refractivity contribution is 7.89. The molecule has 0 bridgehead atoms. The van der Waals surface area contributed by atoms with Crippen molar-refractivity contribution >= 4 is 27.7 Å². The Bertz CT molecular complexity index is 1260. The van der Waals surface area contributed by atoms with E-state index in [1.54, 1.807) is 24.4 Å². The smallest absolute Gasteiger partial charge is 0.248 e. The number of amides is 1. The molecule has 1 heterocycles. The summed E-state index contributed by atoms with van der Waals surface area (Å²) in [5, 5.41) is 2.84. The van der Waals surface area contributed by atoms with Gasteiger partial charge in [-0.15, -0.1) is 0 Å². The summed E-state index contributed by atoms with van der Waals surface area (Å²) in [7, 11) is -0.972. The zero-order valence-electron chi connectivity index (χ0n) is 19.1. The minimum Gasteiger partial charge on any atom is -0.495 e. The second-order valence-electron chi connectivity index (χ2n) is 7.71. The number of hydrogen-bond acceptors (Lipinski definition) is 5. The maximum Gasteiger partial charge on any atom is 0.248 e. The number of hydrogen-bond donors (Lipinski definition) is 2. The second-order valence-corrected chi connectivity index (χ2v) is 9.56. The summed E-state index contributed by atoms with van der Waals surface area (Å²) in [6, 6.07) is 12.3. The number of aromatic nitrogens is 2. The van der Waals surface area contributed by atoms with Crippen LogP contribution in [0.1, 0.15) is 36.7 Å². The standard InChI is InChI=1S/C24H28N4O4S/c1-17(2)24-26-12-13-28(24)16-19-6-5-7-20(14-19)27-23(29)11-9-18-8-10-21(32-4)22(15-18)33(30,31)25-3/h5-15,17,25H,16H2,1-4H3,(H,27,29). The summed E-state index contributed by atoms with van der Waals surface area (Å²) in [5.74, 6) is 1.22. The fourth-order valence-electron chi connectivity index (χ4n) is 3.37. The first kappa shape index (κ1) is 24.2. The van der Waals surface area contributed by atoms with Crippen LogP contribution in [0.4, 0.5) is 5.69 Å². The van der Waals surface area contributed by atoms with Crippen LogP contribution in [0.25, 0.3) is 6.08 Å². The molecule has 33 heavy (non-hydrogen) atoms. The van der Waals surface area contributed by atoms with Gasteiger partial charge in [-0.1, -0.05) is 32.0 Å². The first-order chi connectivity index (χ1) is 15.7. The summed E-state index contributed by atoms with van der Waals surface area (Å²) >= 11 is 0. The van der Waals surface area contributed by atoms with Crippen molar-refractivity contribution in [2.24, 2.45) is 0 Å². The molecule has 0 saturated heterocycles. The van der Waals surface area contributed by atoms with Gasteiger partial charge in [0, 0.05) is 36.6 Å². The lowest BCUT2D eigenvalue weighted by Crippen LogP contribution is -2.19. The number of nitrogens with zero attached hydrogens (tertiary/aromatic N) is 2. The van der Waals surface area contributed by atoms with Gasteiger partial charge in [0.15, 0.2) is 0 Å². The van der Waals surface area contributed by atoms with Crippen LogP contribution in [0.2, 0.25) is 0 Å². The lowest BCUT2D eigenvalue weighted by molar-refractivity contribution is -0.111. The number of carbonyl (C=O) groups is 1. The third-order valence-corrected chi connectivity index (χ3v) is 6.42. The molecule has 8 nitrogen and oxygen atoms in total. The third-order valence-electron chi connectivity index (χ3n) is 4.98. The Morgan fingerprint density at radius 2 is 2.00 bits per heavy atom. The predicted molar refractivity (Wildman–Crippen MR) is 129 cm³/mol. The molecule has 0 fully saturated rings. The Balaban J connectivity index is 1.72. The van der Waals surface area contributed by atoms with Crippen molar-refractivity contribution in [2.45, 2.75) is 31.2 Å². The zero-order chi connectivity index (χ0) is 24.0. The van der Waals surface area contributed by atoms with E-state index in [0.29, 0.717) is 23.7 Å². The maximum absolute atomic E-state index is 12.5. The van der Waals surface area contributed by atoms with Crippen molar-refractivity contribution in [2.75, 3.05) is 19.5 Å². The number of carbonyl (C=O) groups excluding carboxylic acids is 1. The fraction of sp³-hybridized carbons (Fsp3) is 0.250. The number of ether oxygens (including phenoxy) is 1. The summed E-state index contributed by atoms with van der Waals surface area (Å²) in [5.41, 5.74) is 2.25. The Kier molecular flexibility index (Phi) is 7.67. The Hall–Kier alpha value is -3.43. The lowest BCUT2D eigenvalue weighted by atomic mass is 10.1. The van der Waals surface area contributed by atoms with E-state index in [0.717, 1.165) is 11.4 Å². The van der Waals surface area contributed by atoms with Crippen molar-refractivity contribution in [3.8, 4) is 5.75 Å². The number of anilines is 1. The van der Waals surface area contributed by atoms with E-state index in [1.165, 1.54) is 26.3 Å². The molecule has 2 aromatic carbocycles. The Morgan fingerprint density at radius 1 is 1.21 bits per heavy atom. The van der Waals surface area contributed by atoms with Crippen LogP contribution in [-0.2, 0) is 21.4 Å². The number of methoxy groups -OCH3 is 1. The molecule has 0 radical (unpaired) electrons. The Morgan fingerprint density at radius 3 is 2.70 bits per heavy atom. The van der Waals surface area contributed by atoms with Crippen LogP contribution >= 0.6 is 0 Å². The minimum absolute atomic E-state index is 0.00280. The van der Waals surface area contributed by atoms with Crippen molar-refractivity contribution < 1.29 is 17.9 Å². The number of rotatable bonds is 9. The lowest BCUT2D eigenvalue weighted by Gasteiger charge is -2.11. The topological polar surface area (TPSA) is 102 Å². The highest BCUT2D eigenvalue weighted by Gasteiger charge is 2.17. The van der Waals surface area contributed by atoms with Gasteiger partial charge in [-0.2, -0.15) is 0 Å². The van der Waals surface area contributed by atoms with Gasteiger partial charge >= 0.3 is 0 Å². The van der Waals surface area contributed by atoms with Crippen molar-refractivity contribution in [1.29, 1.82) is 0 Å². The highest BCUT2D eigenvalue weighted by atomic mass is 32.2. The molecule has 0 saturated carbocycles. The van der Waals surface area contributed by atoms with Gasteiger partial charge in [0.25, 0.3) is 0 Å². The van der Waals surface area contributed by atoms with Crippen LogP contribution in [-0.4, -0.2) is 38.0 Å². The molecule has 0 aliphatic heterocycles. The van der Waals surface area contributed by atoms with E-state index >= 15 is 0 Å². The summed E-state index contributed by atoms with van der Waals surface area (Å²) in [6.07, 6.45) is 6.64. The van der Waals surface area contributed by atoms with Gasteiger partial charge in [0.05, 0.1) is 7.11 Å². The molecule has 0 aliphatic carbocycles. The third kappa shape index (κ3) is 6.09. The number of imidazole rings is 1. The normalized spacial score (nSPS) is 11.8. The number of benzene rings is 2. The molecule has 1 amide bonds. The average Bonchev–Trinajstić information content (AvgIpc) is 3.26. The van der Waals surface area contributed by atoms with E-state index < -0.39 is 10.0 Å². The van der Waals surface area contributed by atoms with E-state index in [-0.39, 0.29) is 16.6 Å². The maximum atomic E-state index is 12.5. The van der Waals surface area contributed by atoms with Gasteiger partial charge < -0.3 is 14.6 Å². The zero-order valence-corrected chi connectivity index (χ0v) is 19.9. The number of sulfonamides is 1. The molecule has 3 aromatic rings. The summed E-state index contributed by atoms with van der Waals surface area (Å²) in [4.78, 5) is 16.9. The van der Waals surface area contributed by atoms with Crippen molar-refractivity contribution in [1.82, 2.24) is 14.3 Å². The monoisotopic (exact) mass is 468 g/mol. The quantitative estimate of drug-likeness (QED) is 0.467. The van der Waals surface area contributed by atoms with Gasteiger partial charge in [0.1, 0.15) is 16.5 Å². The molecule has 9 heteroatoms. The fourth-order valence-corrected chi connectivity index (χ4v) is 4.30. The van der Waals surface area contributed by atoms with Crippen LogP contribution in [0.5, 0.6) is 5.75 Å². The second kappa shape index (κ2) is 10.5. The van der Waals surface area contributed by atoms with E-state index in [4.69, 9.17) is 4.74 Å². The molecule has 0 spiro atoms. The molecule has 0 atom stereocenters. The molecule has 1 aromatic heterocycles. The van der Waals surface area contributed by atoms with E-state index in [2.05, 4.69) is 33.4 Å². The van der Waals surface area contributed by atoms with Crippen molar-refractivity contribution in [3.05, 3.63) is 77.9 Å². The molecular weight excluding hydrogens is 440 g/mol. The van der Waals surface area contributed by atoms with Crippen LogP contribution in [0, 0.1) is 0 Å². The first-order valence-corrected chi connectivity index (χ1v) is 11.9. The Labute approximate surface area is 194 Å². The predicted octanol–water partition coefficient (Wildman–Crippen LogP) is 3.62. The van der Waals surface area contributed by atoms with Gasteiger partial charge in [-0.25, -0.2) is 18.1 Å². The molecular formula is C24H28N4O4S. The van der Waals surface area contributed by atoms with Gasteiger partial charge in [0.2, 0.25) is 15.9 Å². The average molecular weight is 469 g/mol. The van der Waals surface area contributed by atoms with E-state index in [1.807, 2.05) is 30.5 Å². The first-order valence-electron chi connectivity index (χ1n) is 10.4. The SMILES string of the molecule is CNS(=O)(=O)c1cc(C=CC(=O)Nc2cccc(Cn3ccnc3C(C)C)c2)ccc1OC. The summed E-state index contributed by atoms with van der Waals surface area (Å²) in [6.45, 7) is 4.85. The molecule has 2 N–H and O–H groups in total. The molecule has 0 unspecified atom stereocenters. The summed E-state index contributed by atoms with van der Waals surface area (Å²) < 4.78 is 33.9. The molecule has 0 aliphatic rings. The number of nitrogens with one attached hydrogen (secondary N) is 2.